The van der Waals surface area contributed by atoms with E-state index in [1.165, 1.54) is 7.11 Å². The van der Waals surface area contributed by atoms with Gasteiger partial charge in [0.25, 0.3) is 5.91 Å². The second kappa shape index (κ2) is 5.48. The van der Waals surface area contributed by atoms with Gasteiger partial charge in [-0.1, -0.05) is 0 Å². The Morgan fingerprint density at radius 3 is 2.24 bits per heavy atom. The highest BCUT2D eigenvalue weighted by Crippen LogP contribution is 2.10. The van der Waals surface area contributed by atoms with Gasteiger partial charge >= 0.3 is 5.97 Å². The summed E-state index contributed by atoms with van der Waals surface area (Å²) in [5, 5.41) is 2.63. The van der Waals surface area contributed by atoms with E-state index < -0.39 is 11.5 Å². The molecule has 5 heteroatoms. The van der Waals surface area contributed by atoms with Gasteiger partial charge in [-0.3, -0.25) is 4.79 Å². The monoisotopic (exact) mass is 347 g/mol. The van der Waals surface area contributed by atoms with Gasteiger partial charge in [-0.05, 0) is 60.7 Å². The number of benzene rings is 1. The Balaban J connectivity index is 2.79. The fourth-order valence-corrected chi connectivity index (χ4v) is 1.62. The van der Waals surface area contributed by atoms with Crippen LogP contribution in [0, 0.1) is 3.57 Å². The SMILES string of the molecule is COC(=O)C(C)(C)NC(=O)c1ccc(I)cc1. The van der Waals surface area contributed by atoms with Crippen molar-refractivity contribution in [1.29, 1.82) is 0 Å². The molecule has 1 N–H and O–H groups in total. The molecule has 17 heavy (non-hydrogen) atoms. The zero-order valence-corrected chi connectivity index (χ0v) is 12.1. The van der Waals surface area contributed by atoms with Crippen molar-refractivity contribution in [2.75, 3.05) is 7.11 Å². The Bertz CT molecular complexity index is 426. The molecular weight excluding hydrogens is 333 g/mol. The lowest BCUT2D eigenvalue weighted by molar-refractivity contribution is -0.146. The Hall–Kier alpha value is -1.11. The molecule has 0 atom stereocenters. The summed E-state index contributed by atoms with van der Waals surface area (Å²) in [6.07, 6.45) is 0. The van der Waals surface area contributed by atoms with Crippen LogP contribution in [0.2, 0.25) is 0 Å². The summed E-state index contributed by atoms with van der Waals surface area (Å²) in [6.45, 7) is 3.20. The molecule has 0 aliphatic rings. The van der Waals surface area contributed by atoms with Crippen molar-refractivity contribution in [3.05, 3.63) is 33.4 Å². The summed E-state index contributed by atoms with van der Waals surface area (Å²) >= 11 is 2.16. The van der Waals surface area contributed by atoms with Crippen molar-refractivity contribution in [2.45, 2.75) is 19.4 Å². The molecule has 0 heterocycles. The lowest BCUT2D eigenvalue weighted by Crippen LogP contribution is -2.50. The van der Waals surface area contributed by atoms with Crippen molar-refractivity contribution < 1.29 is 14.3 Å². The minimum absolute atomic E-state index is 0.295. The average Bonchev–Trinajstić information content (AvgIpc) is 2.28. The van der Waals surface area contributed by atoms with Gasteiger partial charge in [0.05, 0.1) is 7.11 Å². The summed E-state index contributed by atoms with van der Waals surface area (Å²) in [5.41, 5.74) is -0.517. The fourth-order valence-electron chi connectivity index (χ4n) is 1.26. The highest BCUT2D eigenvalue weighted by atomic mass is 127. The Morgan fingerprint density at radius 2 is 1.76 bits per heavy atom. The number of esters is 1. The van der Waals surface area contributed by atoms with Crippen molar-refractivity contribution in [2.24, 2.45) is 0 Å². The molecule has 0 radical (unpaired) electrons. The van der Waals surface area contributed by atoms with Crippen LogP contribution >= 0.6 is 22.6 Å². The van der Waals surface area contributed by atoms with Crippen LogP contribution in [-0.2, 0) is 9.53 Å². The maximum absolute atomic E-state index is 11.9. The second-order valence-corrected chi connectivity index (χ2v) is 5.32. The van der Waals surface area contributed by atoms with E-state index in [9.17, 15) is 9.59 Å². The minimum atomic E-state index is -1.03. The van der Waals surface area contributed by atoms with Gasteiger partial charge in [-0.2, -0.15) is 0 Å². The minimum Gasteiger partial charge on any atom is -0.467 e. The maximum Gasteiger partial charge on any atom is 0.330 e. The third kappa shape index (κ3) is 3.69. The molecule has 0 spiro atoms. The Labute approximate surface area is 114 Å². The molecule has 0 fully saturated rings. The molecule has 0 aliphatic heterocycles. The van der Waals surface area contributed by atoms with Crippen molar-refractivity contribution in [3.8, 4) is 0 Å². The zero-order valence-electron chi connectivity index (χ0n) is 9.91. The number of rotatable bonds is 3. The molecule has 92 valence electrons. The summed E-state index contributed by atoms with van der Waals surface area (Å²) in [4.78, 5) is 23.3. The van der Waals surface area contributed by atoms with Crippen LogP contribution in [0.15, 0.2) is 24.3 Å². The lowest BCUT2D eigenvalue weighted by atomic mass is 10.1. The van der Waals surface area contributed by atoms with E-state index in [1.807, 2.05) is 12.1 Å². The molecule has 1 aromatic carbocycles. The van der Waals surface area contributed by atoms with Gasteiger partial charge < -0.3 is 10.1 Å². The van der Waals surface area contributed by atoms with Crippen LogP contribution < -0.4 is 5.32 Å². The number of hydrogen-bond donors (Lipinski definition) is 1. The number of methoxy groups -OCH3 is 1. The van der Waals surface area contributed by atoms with Crippen LogP contribution in [0.3, 0.4) is 0 Å². The molecule has 0 aromatic heterocycles. The van der Waals surface area contributed by atoms with E-state index in [-0.39, 0.29) is 5.91 Å². The Morgan fingerprint density at radius 1 is 1.24 bits per heavy atom. The molecule has 1 aromatic rings. The molecule has 0 bridgehead atoms. The van der Waals surface area contributed by atoms with Crippen LogP contribution in [0.5, 0.6) is 0 Å². The molecular formula is C12H14INO3. The van der Waals surface area contributed by atoms with Crippen molar-refractivity contribution in [3.63, 3.8) is 0 Å². The van der Waals surface area contributed by atoms with Crippen molar-refractivity contribution >= 4 is 34.5 Å². The summed E-state index contributed by atoms with van der Waals surface area (Å²) < 4.78 is 5.66. The number of halogens is 1. The third-order valence-corrected chi connectivity index (χ3v) is 2.95. The molecule has 0 saturated carbocycles. The van der Waals surface area contributed by atoms with E-state index in [0.29, 0.717) is 5.56 Å². The van der Waals surface area contributed by atoms with Crippen LogP contribution in [-0.4, -0.2) is 24.5 Å². The standard InChI is InChI=1S/C12H14INO3/c1-12(2,11(16)17-3)14-10(15)8-4-6-9(13)7-5-8/h4-7H,1-3H3,(H,14,15). The predicted octanol–water partition coefficient (Wildman–Crippen LogP) is 1.97. The number of amides is 1. The number of nitrogens with one attached hydrogen (secondary N) is 1. The quantitative estimate of drug-likeness (QED) is 0.672. The van der Waals surface area contributed by atoms with Gasteiger partial charge in [-0.25, -0.2) is 4.79 Å². The molecule has 1 amide bonds. The number of carbonyl (C=O) groups is 2. The number of carbonyl (C=O) groups excluding carboxylic acids is 2. The molecule has 0 aliphatic carbocycles. The van der Waals surface area contributed by atoms with E-state index in [0.717, 1.165) is 3.57 Å². The maximum atomic E-state index is 11.9. The molecule has 0 saturated heterocycles. The zero-order chi connectivity index (χ0) is 13.1. The summed E-state index contributed by atoms with van der Waals surface area (Å²) in [7, 11) is 1.29. The molecule has 4 nitrogen and oxygen atoms in total. The molecule has 0 unspecified atom stereocenters. The van der Waals surface area contributed by atoms with Crippen LogP contribution in [0.25, 0.3) is 0 Å². The van der Waals surface area contributed by atoms with E-state index in [2.05, 4.69) is 32.6 Å². The lowest BCUT2D eigenvalue weighted by Gasteiger charge is -2.23. The van der Waals surface area contributed by atoms with Crippen LogP contribution in [0.1, 0.15) is 24.2 Å². The fraction of sp³-hybridized carbons (Fsp3) is 0.333. The second-order valence-electron chi connectivity index (χ2n) is 4.08. The predicted molar refractivity (Wildman–Crippen MR) is 72.7 cm³/mol. The first-order valence-corrected chi connectivity index (χ1v) is 6.11. The normalized spacial score (nSPS) is 10.8. The first kappa shape index (κ1) is 14.0. The summed E-state index contributed by atoms with van der Waals surface area (Å²) in [6, 6.07) is 7.09. The van der Waals surface area contributed by atoms with Gasteiger partial charge in [0, 0.05) is 9.13 Å². The number of hydrogen-bond acceptors (Lipinski definition) is 3. The highest BCUT2D eigenvalue weighted by Gasteiger charge is 2.30. The van der Waals surface area contributed by atoms with E-state index >= 15 is 0 Å². The smallest absolute Gasteiger partial charge is 0.330 e. The Kier molecular flexibility index (Phi) is 4.50. The first-order chi connectivity index (χ1) is 7.86. The topological polar surface area (TPSA) is 55.4 Å². The summed E-state index contributed by atoms with van der Waals surface area (Å²) in [5.74, 6) is -0.770. The number of ether oxygens (including phenoxy) is 1. The average molecular weight is 347 g/mol. The van der Waals surface area contributed by atoms with Crippen LogP contribution in [0.4, 0.5) is 0 Å². The van der Waals surface area contributed by atoms with Gasteiger partial charge in [0.15, 0.2) is 0 Å². The van der Waals surface area contributed by atoms with E-state index in [1.54, 1.807) is 26.0 Å². The van der Waals surface area contributed by atoms with Crippen molar-refractivity contribution in [1.82, 2.24) is 5.32 Å². The molecule has 1 rings (SSSR count). The van der Waals surface area contributed by atoms with E-state index in [4.69, 9.17) is 0 Å². The van der Waals surface area contributed by atoms with Gasteiger partial charge in [-0.15, -0.1) is 0 Å². The van der Waals surface area contributed by atoms with Gasteiger partial charge in [0.2, 0.25) is 0 Å². The van der Waals surface area contributed by atoms with Gasteiger partial charge in [0.1, 0.15) is 5.54 Å². The third-order valence-electron chi connectivity index (χ3n) is 2.23. The largest absolute Gasteiger partial charge is 0.467 e. The highest BCUT2D eigenvalue weighted by molar-refractivity contribution is 14.1. The first-order valence-electron chi connectivity index (χ1n) is 5.03.